The second-order valence-electron chi connectivity index (χ2n) is 6.68. The summed E-state index contributed by atoms with van der Waals surface area (Å²) < 4.78 is 6.33. The number of oxazole rings is 1. The van der Waals surface area contributed by atoms with Crippen LogP contribution in [0.5, 0.6) is 0 Å². The molecule has 0 fully saturated rings. The highest BCUT2D eigenvalue weighted by atomic mass is 35.5. The zero-order valence-electron chi connectivity index (χ0n) is 15.8. The van der Waals surface area contributed by atoms with Crippen molar-refractivity contribution in [1.29, 1.82) is 0 Å². The number of halogens is 1. The minimum atomic E-state index is -0.654. The highest BCUT2D eigenvalue weighted by Gasteiger charge is 2.18. The van der Waals surface area contributed by atoms with Gasteiger partial charge in [0.05, 0.1) is 12.1 Å². The first-order valence-electron chi connectivity index (χ1n) is 8.64. The van der Waals surface area contributed by atoms with Crippen molar-refractivity contribution in [3.63, 3.8) is 0 Å². The van der Waals surface area contributed by atoms with Gasteiger partial charge in [-0.05, 0) is 43.2 Å². The number of aryl methyl sites for hydroxylation is 2. The summed E-state index contributed by atoms with van der Waals surface area (Å²) in [7, 11) is 1.51. The molecule has 2 amide bonds. The summed E-state index contributed by atoms with van der Waals surface area (Å²) >= 11 is 5.89. The molecule has 0 saturated heterocycles. The van der Waals surface area contributed by atoms with Gasteiger partial charge < -0.3 is 14.6 Å². The number of carbonyl (C=O) groups excluding carboxylic acids is 2. The van der Waals surface area contributed by atoms with Gasteiger partial charge in [0.1, 0.15) is 6.54 Å². The zero-order valence-corrected chi connectivity index (χ0v) is 16.5. The summed E-state index contributed by atoms with van der Waals surface area (Å²) in [5, 5.41) is 3.24. The number of carbonyl (C=O) groups is 2. The van der Waals surface area contributed by atoms with Crippen LogP contribution in [0.15, 0.2) is 45.6 Å². The standard InChI is InChI=1S/C20H20ClN3O4/c1-12-4-5-13(2)15(8-12)22-18(25)10-23(3)19(26)11-24-16-7-6-14(21)9-17(16)28-20(24)27/h4-9H,10-11H2,1-3H3,(H,22,25). The summed E-state index contributed by atoms with van der Waals surface area (Å²) in [5.41, 5.74) is 3.44. The van der Waals surface area contributed by atoms with Gasteiger partial charge >= 0.3 is 5.76 Å². The van der Waals surface area contributed by atoms with Gasteiger partial charge in [-0.2, -0.15) is 0 Å². The molecule has 0 unspecified atom stereocenters. The number of nitrogens with zero attached hydrogens (tertiary/aromatic N) is 2. The van der Waals surface area contributed by atoms with Crippen LogP contribution in [0.1, 0.15) is 11.1 Å². The van der Waals surface area contributed by atoms with Crippen LogP contribution >= 0.6 is 11.6 Å². The topological polar surface area (TPSA) is 84.5 Å². The Balaban J connectivity index is 1.68. The first-order valence-corrected chi connectivity index (χ1v) is 9.02. The normalized spacial score (nSPS) is 10.9. The average Bonchev–Trinajstić information content (AvgIpc) is 2.92. The van der Waals surface area contributed by atoms with E-state index in [1.54, 1.807) is 12.1 Å². The lowest BCUT2D eigenvalue weighted by Gasteiger charge is -2.17. The Morgan fingerprint density at radius 3 is 2.68 bits per heavy atom. The van der Waals surface area contributed by atoms with Crippen molar-refractivity contribution in [3.05, 3.63) is 63.1 Å². The van der Waals surface area contributed by atoms with E-state index in [-0.39, 0.29) is 19.0 Å². The number of fused-ring (bicyclic) bond motifs is 1. The number of rotatable bonds is 5. The molecule has 7 nitrogen and oxygen atoms in total. The predicted octanol–water partition coefficient (Wildman–Crippen LogP) is 2.96. The molecule has 28 heavy (non-hydrogen) atoms. The SMILES string of the molecule is Cc1ccc(C)c(NC(=O)CN(C)C(=O)Cn2c(=O)oc3cc(Cl)ccc32)c1. The summed E-state index contributed by atoms with van der Waals surface area (Å²) in [6.07, 6.45) is 0. The minimum absolute atomic E-state index is 0.136. The largest absolute Gasteiger partial charge is 0.420 e. The summed E-state index contributed by atoms with van der Waals surface area (Å²) in [4.78, 5) is 38.1. The molecule has 3 aromatic rings. The van der Waals surface area contributed by atoms with Crippen molar-refractivity contribution in [2.24, 2.45) is 0 Å². The molecule has 8 heteroatoms. The van der Waals surface area contributed by atoms with E-state index in [0.717, 1.165) is 11.1 Å². The van der Waals surface area contributed by atoms with Crippen molar-refractivity contribution in [2.45, 2.75) is 20.4 Å². The van der Waals surface area contributed by atoms with Crippen LogP contribution in [0.3, 0.4) is 0 Å². The van der Waals surface area contributed by atoms with Gasteiger partial charge in [0.15, 0.2) is 5.58 Å². The second-order valence-corrected chi connectivity index (χ2v) is 7.12. The van der Waals surface area contributed by atoms with E-state index >= 15 is 0 Å². The smallest absolute Gasteiger partial charge is 0.408 e. The molecule has 146 valence electrons. The Bertz CT molecular complexity index is 1120. The fourth-order valence-corrected chi connectivity index (χ4v) is 2.97. The first-order chi connectivity index (χ1) is 13.2. The third kappa shape index (κ3) is 4.26. The van der Waals surface area contributed by atoms with E-state index in [2.05, 4.69) is 5.32 Å². The molecule has 0 aliphatic rings. The van der Waals surface area contributed by atoms with Crippen molar-refractivity contribution in [3.8, 4) is 0 Å². The molecule has 0 aliphatic heterocycles. The van der Waals surface area contributed by atoms with Gasteiger partial charge in [-0.1, -0.05) is 23.7 Å². The van der Waals surface area contributed by atoms with Gasteiger partial charge in [0.25, 0.3) is 0 Å². The van der Waals surface area contributed by atoms with Crippen LogP contribution in [-0.2, 0) is 16.1 Å². The number of nitrogens with one attached hydrogen (secondary N) is 1. The molecular formula is C20H20ClN3O4. The van der Waals surface area contributed by atoms with Gasteiger partial charge in [-0.25, -0.2) is 4.79 Å². The quantitative estimate of drug-likeness (QED) is 0.712. The highest BCUT2D eigenvalue weighted by molar-refractivity contribution is 6.31. The van der Waals surface area contributed by atoms with E-state index < -0.39 is 11.7 Å². The van der Waals surface area contributed by atoms with E-state index in [4.69, 9.17) is 16.0 Å². The number of anilines is 1. The highest BCUT2D eigenvalue weighted by Crippen LogP contribution is 2.19. The summed E-state index contributed by atoms with van der Waals surface area (Å²) in [6, 6.07) is 10.5. The third-order valence-electron chi connectivity index (χ3n) is 4.40. The van der Waals surface area contributed by atoms with E-state index in [1.165, 1.54) is 22.6 Å². The first kappa shape index (κ1) is 19.7. The van der Waals surface area contributed by atoms with Crippen LogP contribution in [-0.4, -0.2) is 34.9 Å². The molecule has 0 saturated carbocycles. The number of likely N-dealkylation sites (N-methyl/N-ethyl adjacent to an activating group) is 1. The van der Waals surface area contributed by atoms with Crippen LogP contribution in [0.25, 0.3) is 11.1 Å². The van der Waals surface area contributed by atoms with Gasteiger partial charge in [-0.3, -0.25) is 14.2 Å². The summed E-state index contributed by atoms with van der Waals surface area (Å²) in [6.45, 7) is 3.46. The maximum Gasteiger partial charge on any atom is 0.420 e. The van der Waals surface area contributed by atoms with Crippen molar-refractivity contribution in [1.82, 2.24) is 9.47 Å². The van der Waals surface area contributed by atoms with Gasteiger partial charge in [0.2, 0.25) is 11.8 Å². The van der Waals surface area contributed by atoms with Crippen molar-refractivity contribution < 1.29 is 14.0 Å². The van der Waals surface area contributed by atoms with E-state index in [9.17, 15) is 14.4 Å². The van der Waals surface area contributed by atoms with E-state index in [1.807, 2.05) is 32.0 Å². The van der Waals surface area contributed by atoms with Crippen LogP contribution in [0, 0.1) is 13.8 Å². The number of hydrogen-bond acceptors (Lipinski definition) is 4. The molecule has 2 aromatic carbocycles. The number of amides is 2. The number of aromatic nitrogens is 1. The van der Waals surface area contributed by atoms with Crippen molar-refractivity contribution in [2.75, 3.05) is 18.9 Å². The lowest BCUT2D eigenvalue weighted by atomic mass is 10.1. The molecule has 0 radical (unpaired) electrons. The van der Waals surface area contributed by atoms with Gasteiger partial charge in [0, 0.05) is 23.8 Å². The molecule has 1 heterocycles. The van der Waals surface area contributed by atoms with Crippen LogP contribution in [0.2, 0.25) is 5.02 Å². The molecule has 3 rings (SSSR count). The molecule has 0 spiro atoms. The lowest BCUT2D eigenvalue weighted by Crippen LogP contribution is -2.38. The molecule has 0 bridgehead atoms. The Kier molecular flexibility index (Phi) is 5.56. The van der Waals surface area contributed by atoms with Crippen LogP contribution < -0.4 is 11.1 Å². The maximum absolute atomic E-state index is 12.5. The fraction of sp³-hybridized carbons (Fsp3) is 0.250. The number of hydrogen-bond donors (Lipinski definition) is 1. The Morgan fingerprint density at radius 2 is 1.93 bits per heavy atom. The summed E-state index contributed by atoms with van der Waals surface area (Å²) in [5.74, 6) is -1.37. The van der Waals surface area contributed by atoms with Gasteiger partial charge in [-0.15, -0.1) is 0 Å². The third-order valence-corrected chi connectivity index (χ3v) is 4.63. The molecule has 0 atom stereocenters. The maximum atomic E-state index is 12.5. The molecule has 0 aliphatic carbocycles. The predicted molar refractivity (Wildman–Crippen MR) is 108 cm³/mol. The second kappa shape index (κ2) is 7.90. The number of benzene rings is 2. The average molecular weight is 402 g/mol. The Morgan fingerprint density at radius 1 is 1.18 bits per heavy atom. The fourth-order valence-electron chi connectivity index (χ4n) is 2.81. The molecule has 1 N–H and O–H groups in total. The zero-order chi connectivity index (χ0) is 20.4. The minimum Gasteiger partial charge on any atom is -0.408 e. The van der Waals surface area contributed by atoms with Crippen molar-refractivity contribution >= 4 is 40.2 Å². The Labute approximate surface area is 166 Å². The molecular weight excluding hydrogens is 382 g/mol. The Hall–Kier alpha value is -3.06. The monoisotopic (exact) mass is 401 g/mol. The van der Waals surface area contributed by atoms with E-state index in [0.29, 0.717) is 21.8 Å². The lowest BCUT2D eigenvalue weighted by molar-refractivity contribution is -0.133. The van der Waals surface area contributed by atoms with Crippen LogP contribution in [0.4, 0.5) is 5.69 Å². The molecule has 1 aromatic heterocycles.